The maximum atomic E-state index is 13.7. The Kier molecular flexibility index (Phi) is 8.36. The molecule has 3 heterocycles. The van der Waals surface area contributed by atoms with Gasteiger partial charge < -0.3 is 21.3 Å². The molecule has 9 heteroatoms. The summed E-state index contributed by atoms with van der Waals surface area (Å²) in [6.45, 7) is 3.03. The highest BCUT2D eigenvalue weighted by molar-refractivity contribution is 7.17. The van der Waals surface area contributed by atoms with Crippen LogP contribution in [0.5, 0.6) is 0 Å². The number of fused-ring (bicyclic) bond motifs is 2. The molecule has 5 rings (SSSR count). The number of amides is 3. The summed E-state index contributed by atoms with van der Waals surface area (Å²) in [5.74, 6) is -0.741. The standard InChI is InChI=1S/C29H32N4O3S2/c1-18(34)31-27(15-21-17-38-26-9-5-3-7-23(21)26)33-29(36)24(32-28(35)19-10-12-30-13-11-19)14-20-16-37-25-8-4-2-6-22(20)25/h2-9,16-17,19,24,27,30H,10-15H2,1H3,(H,31,34)(H,32,35)(H,33,36)/t24-,27-/m1/s1. The second-order valence-electron chi connectivity index (χ2n) is 9.77. The normalized spacial score (nSPS) is 15.7. The summed E-state index contributed by atoms with van der Waals surface area (Å²) >= 11 is 3.27. The number of carbonyl (C=O) groups is 3. The molecule has 2 aromatic heterocycles. The van der Waals surface area contributed by atoms with Crippen LogP contribution in [0.15, 0.2) is 59.3 Å². The van der Waals surface area contributed by atoms with E-state index in [2.05, 4.69) is 50.2 Å². The van der Waals surface area contributed by atoms with Crippen LogP contribution >= 0.6 is 22.7 Å². The molecule has 0 aliphatic carbocycles. The molecular weight excluding hydrogens is 516 g/mol. The Morgan fingerprint density at radius 2 is 1.42 bits per heavy atom. The Labute approximate surface area is 230 Å². The van der Waals surface area contributed by atoms with Crippen LogP contribution < -0.4 is 21.3 Å². The summed E-state index contributed by atoms with van der Waals surface area (Å²) in [6.07, 6.45) is 1.73. The topological polar surface area (TPSA) is 99.3 Å². The zero-order valence-corrected chi connectivity index (χ0v) is 22.9. The van der Waals surface area contributed by atoms with Gasteiger partial charge in [0.1, 0.15) is 12.2 Å². The molecule has 0 spiro atoms. The van der Waals surface area contributed by atoms with Crippen LogP contribution in [0.4, 0.5) is 0 Å². The lowest BCUT2D eigenvalue weighted by Gasteiger charge is -2.27. The smallest absolute Gasteiger partial charge is 0.244 e. The van der Waals surface area contributed by atoms with Crippen LogP contribution in [-0.2, 0) is 27.2 Å². The summed E-state index contributed by atoms with van der Waals surface area (Å²) in [7, 11) is 0. The Morgan fingerprint density at radius 3 is 2.03 bits per heavy atom. The lowest BCUT2D eigenvalue weighted by Crippen LogP contribution is -2.56. The van der Waals surface area contributed by atoms with Crippen molar-refractivity contribution in [3.05, 3.63) is 70.4 Å². The van der Waals surface area contributed by atoms with Crippen LogP contribution in [0, 0.1) is 5.92 Å². The van der Waals surface area contributed by atoms with Crippen LogP contribution in [-0.4, -0.2) is 43.0 Å². The summed E-state index contributed by atoms with van der Waals surface area (Å²) < 4.78 is 2.30. The maximum Gasteiger partial charge on any atom is 0.244 e. The van der Waals surface area contributed by atoms with Gasteiger partial charge in [-0.05, 0) is 70.7 Å². The molecule has 3 amide bonds. The minimum atomic E-state index is -0.758. The quantitative estimate of drug-likeness (QED) is 0.238. The van der Waals surface area contributed by atoms with Crippen molar-refractivity contribution in [3.8, 4) is 0 Å². The fourth-order valence-electron chi connectivity index (χ4n) is 5.06. The number of benzene rings is 2. The lowest BCUT2D eigenvalue weighted by molar-refractivity contribution is -0.132. The van der Waals surface area contributed by atoms with Gasteiger partial charge in [-0.2, -0.15) is 0 Å². The van der Waals surface area contributed by atoms with Crippen LogP contribution in [0.2, 0.25) is 0 Å². The monoisotopic (exact) mass is 548 g/mol. The van der Waals surface area contributed by atoms with E-state index in [0.29, 0.717) is 12.8 Å². The zero-order chi connectivity index (χ0) is 26.5. The average Bonchev–Trinajstić information content (AvgIpc) is 3.52. The number of hydrogen-bond acceptors (Lipinski definition) is 6. The largest absolute Gasteiger partial charge is 0.344 e. The Bertz CT molecular complexity index is 1440. The Morgan fingerprint density at radius 1 is 0.842 bits per heavy atom. The fourth-order valence-corrected chi connectivity index (χ4v) is 7.01. The van der Waals surface area contributed by atoms with E-state index < -0.39 is 12.2 Å². The van der Waals surface area contributed by atoms with Gasteiger partial charge in [-0.15, -0.1) is 22.7 Å². The molecule has 1 saturated heterocycles. The van der Waals surface area contributed by atoms with E-state index in [0.717, 1.165) is 57.2 Å². The van der Waals surface area contributed by atoms with E-state index in [1.54, 1.807) is 22.7 Å². The van der Waals surface area contributed by atoms with Gasteiger partial charge in [0.15, 0.2) is 0 Å². The van der Waals surface area contributed by atoms with E-state index in [9.17, 15) is 14.4 Å². The molecular formula is C29H32N4O3S2. The fraction of sp³-hybridized carbons (Fsp3) is 0.345. The lowest BCUT2D eigenvalue weighted by atomic mass is 9.96. The number of thiophene rings is 2. The second kappa shape index (κ2) is 12.1. The predicted octanol–water partition coefficient (Wildman–Crippen LogP) is 3.96. The molecule has 0 unspecified atom stereocenters. The molecule has 0 radical (unpaired) electrons. The highest BCUT2D eigenvalue weighted by atomic mass is 32.1. The van der Waals surface area contributed by atoms with E-state index in [-0.39, 0.29) is 23.6 Å². The van der Waals surface area contributed by atoms with Gasteiger partial charge in [-0.1, -0.05) is 36.4 Å². The van der Waals surface area contributed by atoms with Gasteiger partial charge in [0, 0.05) is 35.1 Å². The van der Waals surface area contributed by atoms with Gasteiger partial charge >= 0.3 is 0 Å². The molecule has 1 aliphatic heterocycles. The molecule has 2 aromatic carbocycles. The van der Waals surface area contributed by atoms with E-state index >= 15 is 0 Å². The van der Waals surface area contributed by atoms with Gasteiger partial charge in [-0.3, -0.25) is 14.4 Å². The van der Waals surface area contributed by atoms with Crippen molar-refractivity contribution in [2.45, 2.75) is 44.8 Å². The minimum Gasteiger partial charge on any atom is -0.344 e. The van der Waals surface area contributed by atoms with Crippen molar-refractivity contribution < 1.29 is 14.4 Å². The number of carbonyl (C=O) groups excluding carboxylic acids is 3. The zero-order valence-electron chi connectivity index (χ0n) is 21.3. The highest BCUT2D eigenvalue weighted by Crippen LogP contribution is 2.28. The third-order valence-electron chi connectivity index (χ3n) is 7.01. The molecule has 2 atom stereocenters. The van der Waals surface area contributed by atoms with Crippen molar-refractivity contribution in [2.75, 3.05) is 13.1 Å². The van der Waals surface area contributed by atoms with E-state index in [4.69, 9.17) is 0 Å². The van der Waals surface area contributed by atoms with Gasteiger partial charge in [0.2, 0.25) is 17.7 Å². The maximum absolute atomic E-state index is 13.7. The number of nitrogens with one attached hydrogen (secondary N) is 4. The first-order chi connectivity index (χ1) is 18.5. The summed E-state index contributed by atoms with van der Waals surface area (Å²) in [5, 5.41) is 18.6. The molecule has 4 aromatic rings. The van der Waals surface area contributed by atoms with Crippen molar-refractivity contribution in [1.29, 1.82) is 0 Å². The third kappa shape index (κ3) is 6.23. The predicted molar refractivity (Wildman–Crippen MR) is 154 cm³/mol. The first-order valence-electron chi connectivity index (χ1n) is 13.0. The first-order valence-corrected chi connectivity index (χ1v) is 14.7. The summed E-state index contributed by atoms with van der Waals surface area (Å²) in [4.78, 5) is 39.0. The third-order valence-corrected chi connectivity index (χ3v) is 9.03. The number of hydrogen-bond donors (Lipinski definition) is 4. The molecule has 0 bridgehead atoms. The van der Waals surface area contributed by atoms with Gasteiger partial charge in [0.05, 0.1) is 0 Å². The Balaban J connectivity index is 1.37. The van der Waals surface area contributed by atoms with E-state index in [1.165, 1.54) is 6.92 Å². The molecule has 38 heavy (non-hydrogen) atoms. The van der Waals surface area contributed by atoms with Gasteiger partial charge in [0.25, 0.3) is 0 Å². The van der Waals surface area contributed by atoms with Crippen molar-refractivity contribution in [2.24, 2.45) is 5.92 Å². The van der Waals surface area contributed by atoms with Gasteiger partial charge in [-0.25, -0.2) is 0 Å². The first kappa shape index (κ1) is 26.3. The highest BCUT2D eigenvalue weighted by Gasteiger charge is 2.29. The Hall–Kier alpha value is -3.27. The van der Waals surface area contributed by atoms with Crippen molar-refractivity contribution in [3.63, 3.8) is 0 Å². The molecule has 7 nitrogen and oxygen atoms in total. The van der Waals surface area contributed by atoms with Crippen LogP contribution in [0.3, 0.4) is 0 Å². The molecule has 1 fully saturated rings. The summed E-state index contributed by atoms with van der Waals surface area (Å²) in [5.41, 5.74) is 2.08. The molecule has 0 saturated carbocycles. The summed E-state index contributed by atoms with van der Waals surface area (Å²) in [6, 6.07) is 15.4. The molecule has 4 N–H and O–H groups in total. The van der Waals surface area contributed by atoms with Crippen molar-refractivity contribution >= 4 is 60.6 Å². The minimum absolute atomic E-state index is 0.0916. The van der Waals surface area contributed by atoms with Crippen molar-refractivity contribution in [1.82, 2.24) is 21.3 Å². The average molecular weight is 549 g/mol. The number of piperidine rings is 1. The SMILES string of the molecule is CC(=O)N[C@@H](Cc1csc2ccccc12)NC(=O)[C@@H](Cc1csc2ccccc12)NC(=O)C1CCNCC1. The van der Waals surface area contributed by atoms with E-state index in [1.807, 2.05) is 30.3 Å². The van der Waals surface area contributed by atoms with Crippen LogP contribution in [0.1, 0.15) is 30.9 Å². The molecule has 1 aliphatic rings. The second-order valence-corrected chi connectivity index (χ2v) is 11.6. The number of rotatable bonds is 9. The van der Waals surface area contributed by atoms with Crippen LogP contribution in [0.25, 0.3) is 20.2 Å². The molecule has 198 valence electrons.